The quantitative estimate of drug-likeness (QED) is 0.355. The second-order valence-electron chi connectivity index (χ2n) is 6.50. The number of nitrogens with one attached hydrogen (secondary N) is 3. The molecule has 2 heterocycles. The van der Waals surface area contributed by atoms with Gasteiger partial charge in [0.05, 0.1) is 23.1 Å². The summed E-state index contributed by atoms with van der Waals surface area (Å²) >= 11 is 6.58. The molecular weight excluding hydrogens is 448 g/mol. The Bertz CT molecular complexity index is 1280. The van der Waals surface area contributed by atoms with Crippen molar-refractivity contribution in [1.29, 1.82) is 0 Å². The van der Waals surface area contributed by atoms with Crippen LogP contribution >= 0.6 is 23.6 Å². The zero-order valence-electron chi connectivity index (χ0n) is 16.9. The van der Waals surface area contributed by atoms with Gasteiger partial charge in [-0.25, -0.2) is 4.98 Å². The van der Waals surface area contributed by atoms with Crippen LogP contribution in [0.4, 0.5) is 10.8 Å². The lowest BCUT2D eigenvalue weighted by Gasteiger charge is -2.10. The number of thiazole rings is 1. The van der Waals surface area contributed by atoms with E-state index >= 15 is 0 Å². The van der Waals surface area contributed by atoms with Gasteiger partial charge in [0, 0.05) is 11.3 Å². The van der Waals surface area contributed by atoms with E-state index in [0.29, 0.717) is 28.7 Å². The number of rotatable bonds is 6. The van der Waals surface area contributed by atoms with E-state index in [9.17, 15) is 9.59 Å². The largest absolute Gasteiger partial charge is 0.494 e. The number of amides is 2. The lowest BCUT2D eigenvalue weighted by Crippen LogP contribution is -2.34. The van der Waals surface area contributed by atoms with Crippen molar-refractivity contribution >= 4 is 61.5 Å². The van der Waals surface area contributed by atoms with E-state index in [1.54, 1.807) is 48.5 Å². The molecule has 4 aromatic rings. The molecule has 0 saturated carbocycles. The van der Waals surface area contributed by atoms with Gasteiger partial charge in [-0.05, 0) is 67.7 Å². The second-order valence-corrected chi connectivity index (χ2v) is 7.94. The molecule has 0 aliphatic carbocycles. The summed E-state index contributed by atoms with van der Waals surface area (Å²) in [6, 6.07) is 15.5. The highest BCUT2D eigenvalue weighted by Crippen LogP contribution is 2.28. The summed E-state index contributed by atoms with van der Waals surface area (Å²) in [4.78, 5) is 29.0. The maximum atomic E-state index is 12.5. The van der Waals surface area contributed by atoms with E-state index in [2.05, 4.69) is 20.9 Å². The minimum atomic E-state index is -0.371. The molecular formula is C22H18N4O4S2. The standard InChI is InChI=1S/C22H18N4O4S2/c1-2-29-15-6-3-5-13(11-15)19(27)25-21(31)23-14-8-9-16-18(12-14)32-22(24-16)26-20(28)17-7-4-10-30-17/h3-12H,2H2,1H3,(H,24,26,28)(H2,23,25,27,31). The van der Waals surface area contributed by atoms with Gasteiger partial charge in [0.15, 0.2) is 16.0 Å². The lowest BCUT2D eigenvalue weighted by molar-refractivity contribution is 0.0974. The average molecular weight is 467 g/mol. The fourth-order valence-corrected chi connectivity index (χ4v) is 3.96. The Balaban J connectivity index is 1.40. The minimum Gasteiger partial charge on any atom is -0.494 e. The summed E-state index contributed by atoms with van der Waals surface area (Å²) in [6.45, 7) is 2.39. The van der Waals surface area contributed by atoms with Crippen molar-refractivity contribution in [2.75, 3.05) is 17.2 Å². The summed E-state index contributed by atoms with van der Waals surface area (Å²) in [5, 5.41) is 8.97. The van der Waals surface area contributed by atoms with Crippen molar-refractivity contribution < 1.29 is 18.7 Å². The zero-order valence-corrected chi connectivity index (χ0v) is 18.5. The molecule has 162 valence electrons. The number of nitrogens with zero attached hydrogens (tertiary/aromatic N) is 1. The molecule has 0 radical (unpaired) electrons. The summed E-state index contributed by atoms with van der Waals surface area (Å²) in [5.41, 5.74) is 1.84. The van der Waals surface area contributed by atoms with E-state index in [0.717, 1.165) is 10.2 Å². The van der Waals surface area contributed by atoms with E-state index in [1.165, 1.54) is 17.6 Å². The molecule has 0 saturated heterocycles. The van der Waals surface area contributed by atoms with Crippen LogP contribution in [0.1, 0.15) is 27.8 Å². The van der Waals surface area contributed by atoms with Gasteiger partial charge in [0.1, 0.15) is 5.75 Å². The Labute approximate surface area is 192 Å². The number of aromatic nitrogens is 1. The van der Waals surface area contributed by atoms with Crippen molar-refractivity contribution in [3.8, 4) is 5.75 Å². The number of fused-ring (bicyclic) bond motifs is 1. The van der Waals surface area contributed by atoms with Crippen molar-refractivity contribution in [2.24, 2.45) is 0 Å². The van der Waals surface area contributed by atoms with Gasteiger partial charge >= 0.3 is 0 Å². The summed E-state index contributed by atoms with van der Waals surface area (Å²) < 4.78 is 11.3. The molecule has 0 atom stereocenters. The van der Waals surface area contributed by atoms with Gasteiger partial charge in [-0.1, -0.05) is 17.4 Å². The van der Waals surface area contributed by atoms with Gasteiger partial charge < -0.3 is 14.5 Å². The third-order valence-corrected chi connectivity index (χ3v) is 5.38. The lowest BCUT2D eigenvalue weighted by atomic mass is 10.2. The second kappa shape index (κ2) is 9.58. The molecule has 0 unspecified atom stereocenters. The molecule has 3 N–H and O–H groups in total. The number of anilines is 2. The summed E-state index contributed by atoms with van der Waals surface area (Å²) in [5.74, 6) is 0.111. The maximum absolute atomic E-state index is 12.5. The van der Waals surface area contributed by atoms with E-state index in [1.807, 2.05) is 13.0 Å². The third-order valence-electron chi connectivity index (χ3n) is 4.25. The van der Waals surface area contributed by atoms with Crippen LogP contribution in [0.3, 0.4) is 0 Å². The smallest absolute Gasteiger partial charge is 0.293 e. The van der Waals surface area contributed by atoms with Crippen molar-refractivity contribution in [3.63, 3.8) is 0 Å². The molecule has 2 aromatic carbocycles. The number of carbonyl (C=O) groups excluding carboxylic acids is 2. The molecule has 4 rings (SSSR count). The summed E-state index contributed by atoms with van der Waals surface area (Å²) in [6.07, 6.45) is 1.43. The number of ether oxygens (including phenoxy) is 1. The number of hydrogen-bond acceptors (Lipinski definition) is 7. The number of carbonyl (C=O) groups is 2. The molecule has 2 amide bonds. The number of thiocarbonyl (C=S) groups is 1. The van der Waals surface area contributed by atoms with E-state index < -0.39 is 0 Å². The normalized spacial score (nSPS) is 10.5. The fourth-order valence-electron chi connectivity index (χ4n) is 2.85. The minimum absolute atomic E-state index is 0.159. The monoisotopic (exact) mass is 466 g/mol. The Morgan fingerprint density at radius 2 is 1.97 bits per heavy atom. The molecule has 0 fully saturated rings. The first-order chi connectivity index (χ1) is 15.5. The Hall–Kier alpha value is -3.76. The topological polar surface area (TPSA) is 105 Å². The zero-order chi connectivity index (χ0) is 22.5. The molecule has 10 heteroatoms. The van der Waals surface area contributed by atoms with E-state index in [4.69, 9.17) is 21.4 Å². The van der Waals surface area contributed by atoms with Gasteiger partial charge in [0.25, 0.3) is 11.8 Å². The van der Waals surface area contributed by atoms with Crippen LogP contribution in [-0.4, -0.2) is 28.5 Å². The first kappa shape index (κ1) is 21.5. The molecule has 0 aliphatic heterocycles. The van der Waals surface area contributed by atoms with Crippen LogP contribution in [0, 0.1) is 0 Å². The highest BCUT2D eigenvalue weighted by atomic mass is 32.1. The molecule has 0 bridgehead atoms. The highest BCUT2D eigenvalue weighted by molar-refractivity contribution is 7.80. The number of furan rings is 1. The Kier molecular flexibility index (Phi) is 6.43. The van der Waals surface area contributed by atoms with Crippen molar-refractivity contribution in [1.82, 2.24) is 10.3 Å². The van der Waals surface area contributed by atoms with Crippen LogP contribution in [0.2, 0.25) is 0 Å². The van der Waals surface area contributed by atoms with Crippen LogP contribution < -0.4 is 20.7 Å². The Morgan fingerprint density at radius 3 is 2.75 bits per heavy atom. The van der Waals surface area contributed by atoms with Gasteiger partial charge in [-0.3, -0.25) is 20.2 Å². The first-order valence-electron chi connectivity index (χ1n) is 9.62. The van der Waals surface area contributed by atoms with Gasteiger partial charge in [0.2, 0.25) is 0 Å². The van der Waals surface area contributed by atoms with Gasteiger partial charge in [-0.2, -0.15) is 0 Å². The van der Waals surface area contributed by atoms with Crippen LogP contribution in [0.25, 0.3) is 10.2 Å². The van der Waals surface area contributed by atoms with Crippen molar-refractivity contribution in [2.45, 2.75) is 6.92 Å². The highest BCUT2D eigenvalue weighted by Gasteiger charge is 2.13. The molecule has 0 aliphatic rings. The molecule has 32 heavy (non-hydrogen) atoms. The van der Waals surface area contributed by atoms with Crippen LogP contribution in [0.15, 0.2) is 65.3 Å². The van der Waals surface area contributed by atoms with Gasteiger partial charge in [-0.15, -0.1) is 0 Å². The van der Waals surface area contributed by atoms with Crippen LogP contribution in [-0.2, 0) is 0 Å². The average Bonchev–Trinajstić information content (AvgIpc) is 3.43. The third kappa shape index (κ3) is 5.10. The maximum Gasteiger partial charge on any atom is 0.293 e. The molecule has 2 aromatic heterocycles. The predicted molar refractivity (Wildman–Crippen MR) is 128 cm³/mol. The fraction of sp³-hybridized carbons (Fsp3) is 0.0909. The van der Waals surface area contributed by atoms with Crippen LogP contribution in [0.5, 0.6) is 5.75 Å². The molecule has 8 nitrogen and oxygen atoms in total. The number of hydrogen-bond donors (Lipinski definition) is 3. The predicted octanol–water partition coefficient (Wildman–Crippen LogP) is 4.67. The van der Waals surface area contributed by atoms with Crippen molar-refractivity contribution in [3.05, 3.63) is 72.2 Å². The first-order valence-corrected chi connectivity index (χ1v) is 10.8. The Morgan fingerprint density at radius 1 is 1.09 bits per heavy atom. The SMILES string of the molecule is CCOc1cccc(C(=O)NC(=S)Nc2ccc3nc(NC(=O)c4ccco4)sc3c2)c1. The summed E-state index contributed by atoms with van der Waals surface area (Å²) in [7, 11) is 0. The van der Waals surface area contributed by atoms with E-state index in [-0.39, 0.29) is 22.7 Å². The molecule has 0 spiro atoms. The number of benzene rings is 2.